The minimum atomic E-state index is -1.01. The predicted octanol–water partition coefficient (Wildman–Crippen LogP) is 5.54. The van der Waals surface area contributed by atoms with Crippen LogP contribution in [-0.4, -0.2) is 35.7 Å². The van der Waals surface area contributed by atoms with Gasteiger partial charge in [0.1, 0.15) is 6.61 Å². The quantitative estimate of drug-likeness (QED) is 0.401. The summed E-state index contributed by atoms with van der Waals surface area (Å²) in [7, 11) is 0. The number of rotatable bonds is 7. The number of carbonyl (C=O) groups excluding carboxylic acids is 2. The maximum absolute atomic E-state index is 12.6. The summed E-state index contributed by atoms with van der Waals surface area (Å²) in [6, 6.07) is 19.9. The summed E-state index contributed by atoms with van der Waals surface area (Å²) in [5.41, 5.74) is 4.96. The van der Waals surface area contributed by atoms with Gasteiger partial charge in [0.15, 0.2) is 0 Å². The van der Waals surface area contributed by atoms with Crippen molar-refractivity contribution in [2.75, 3.05) is 11.9 Å². The number of ether oxygens (including phenoxy) is 1. The van der Waals surface area contributed by atoms with Crippen molar-refractivity contribution in [3.8, 4) is 11.1 Å². The topological polar surface area (TPSA) is 105 Å². The summed E-state index contributed by atoms with van der Waals surface area (Å²) >= 11 is 6.15. The minimum absolute atomic E-state index is 0.0773. The minimum Gasteiger partial charge on any atom is -0.481 e. The predicted molar refractivity (Wildman–Crippen MR) is 134 cm³/mol. The van der Waals surface area contributed by atoms with E-state index in [4.69, 9.17) is 21.4 Å². The summed E-state index contributed by atoms with van der Waals surface area (Å²) in [5, 5.41) is 14.6. The van der Waals surface area contributed by atoms with Gasteiger partial charge in [-0.3, -0.25) is 14.9 Å². The van der Waals surface area contributed by atoms with Crippen molar-refractivity contribution in [2.45, 2.75) is 25.8 Å². The standard InChI is InChI=1S/C27H25ClN2O5/c1-15(26(32)33)16(2)29-25(31)17-11-18(28)13-19(12-17)30-27(34)35-14-24-22-9-5-3-7-20(22)21-8-4-6-10-23(21)24/h3-13,15-16,24H,14H2,1-2H3,(H,29,31)(H,30,34)(H,32,33). The van der Waals surface area contributed by atoms with Gasteiger partial charge >= 0.3 is 12.1 Å². The summed E-state index contributed by atoms with van der Waals surface area (Å²) < 4.78 is 5.55. The molecule has 1 aliphatic carbocycles. The lowest BCUT2D eigenvalue weighted by Gasteiger charge is -2.18. The van der Waals surface area contributed by atoms with Crippen LogP contribution in [0.3, 0.4) is 0 Å². The third-order valence-corrected chi connectivity index (χ3v) is 6.47. The van der Waals surface area contributed by atoms with Crippen LogP contribution >= 0.6 is 11.6 Å². The number of hydrogen-bond acceptors (Lipinski definition) is 4. The van der Waals surface area contributed by atoms with E-state index in [1.54, 1.807) is 6.92 Å². The molecule has 0 fully saturated rings. The first-order valence-corrected chi connectivity index (χ1v) is 11.6. The van der Waals surface area contributed by atoms with E-state index in [2.05, 4.69) is 22.8 Å². The number of amides is 2. The fourth-order valence-electron chi connectivity index (χ4n) is 4.17. The van der Waals surface area contributed by atoms with Gasteiger partial charge in [-0.05, 0) is 54.3 Å². The molecule has 2 atom stereocenters. The highest BCUT2D eigenvalue weighted by molar-refractivity contribution is 6.31. The molecular formula is C27H25ClN2O5. The van der Waals surface area contributed by atoms with Crippen molar-refractivity contribution < 1.29 is 24.2 Å². The highest BCUT2D eigenvalue weighted by Crippen LogP contribution is 2.44. The van der Waals surface area contributed by atoms with E-state index in [1.165, 1.54) is 25.1 Å². The molecule has 3 N–H and O–H groups in total. The second-order valence-electron chi connectivity index (χ2n) is 8.57. The van der Waals surface area contributed by atoms with Crippen molar-refractivity contribution in [3.63, 3.8) is 0 Å². The molecule has 0 saturated carbocycles. The second kappa shape index (κ2) is 10.2. The molecule has 0 heterocycles. The summed E-state index contributed by atoms with van der Waals surface area (Å²) in [6.45, 7) is 3.27. The number of nitrogens with one attached hydrogen (secondary N) is 2. The van der Waals surface area contributed by atoms with Crippen LogP contribution in [0.15, 0.2) is 66.7 Å². The molecule has 2 unspecified atom stereocenters. The van der Waals surface area contributed by atoms with Crippen LogP contribution < -0.4 is 10.6 Å². The molecule has 4 rings (SSSR count). The van der Waals surface area contributed by atoms with E-state index in [9.17, 15) is 14.4 Å². The summed E-state index contributed by atoms with van der Waals surface area (Å²) in [6.07, 6.45) is -0.673. The van der Waals surface area contributed by atoms with Crippen molar-refractivity contribution in [1.82, 2.24) is 5.32 Å². The second-order valence-corrected chi connectivity index (χ2v) is 9.00. The lowest BCUT2D eigenvalue weighted by atomic mass is 9.98. The molecule has 8 heteroatoms. The van der Waals surface area contributed by atoms with Crippen LogP contribution in [0.4, 0.5) is 10.5 Å². The van der Waals surface area contributed by atoms with Gasteiger partial charge in [-0.1, -0.05) is 60.1 Å². The Morgan fingerprint density at radius 3 is 2.17 bits per heavy atom. The van der Waals surface area contributed by atoms with Crippen molar-refractivity contribution >= 4 is 35.3 Å². The Labute approximate surface area is 208 Å². The number of aliphatic carboxylic acids is 1. The molecular weight excluding hydrogens is 468 g/mol. The van der Waals surface area contributed by atoms with Crippen molar-refractivity contribution in [2.24, 2.45) is 5.92 Å². The van der Waals surface area contributed by atoms with Crippen LogP contribution in [0, 0.1) is 5.92 Å². The Morgan fingerprint density at radius 1 is 0.971 bits per heavy atom. The summed E-state index contributed by atoms with van der Waals surface area (Å²) in [5.74, 6) is -2.35. The van der Waals surface area contributed by atoms with E-state index in [0.717, 1.165) is 22.3 Å². The van der Waals surface area contributed by atoms with E-state index in [0.29, 0.717) is 5.69 Å². The van der Waals surface area contributed by atoms with E-state index >= 15 is 0 Å². The van der Waals surface area contributed by atoms with Crippen LogP contribution in [0.1, 0.15) is 41.3 Å². The molecule has 0 saturated heterocycles. The molecule has 0 aliphatic heterocycles. The fourth-order valence-corrected chi connectivity index (χ4v) is 4.41. The van der Waals surface area contributed by atoms with Crippen LogP contribution in [0.5, 0.6) is 0 Å². The number of carbonyl (C=O) groups is 3. The molecule has 1 aliphatic rings. The van der Waals surface area contributed by atoms with E-state index < -0.39 is 29.9 Å². The molecule has 35 heavy (non-hydrogen) atoms. The molecule has 7 nitrogen and oxygen atoms in total. The van der Waals surface area contributed by atoms with Crippen molar-refractivity contribution in [1.29, 1.82) is 0 Å². The Hall–Kier alpha value is -3.84. The number of halogens is 1. The highest BCUT2D eigenvalue weighted by atomic mass is 35.5. The Morgan fingerprint density at radius 2 is 1.57 bits per heavy atom. The summed E-state index contributed by atoms with van der Waals surface area (Å²) in [4.78, 5) is 36.3. The van der Waals surface area contributed by atoms with Gasteiger partial charge in [0.05, 0.1) is 5.92 Å². The normalized spacial score (nSPS) is 13.8. The largest absolute Gasteiger partial charge is 0.481 e. The maximum Gasteiger partial charge on any atom is 0.411 e. The van der Waals surface area contributed by atoms with Gasteiger partial charge in [-0.25, -0.2) is 4.79 Å². The first-order valence-electron chi connectivity index (χ1n) is 11.2. The molecule has 3 aromatic carbocycles. The monoisotopic (exact) mass is 492 g/mol. The zero-order valence-electron chi connectivity index (χ0n) is 19.2. The fraction of sp³-hybridized carbons (Fsp3) is 0.222. The third kappa shape index (κ3) is 5.30. The highest BCUT2D eigenvalue weighted by Gasteiger charge is 2.29. The molecule has 0 aromatic heterocycles. The third-order valence-electron chi connectivity index (χ3n) is 6.25. The van der Waals surface area contributed by atoms with Crippen molar-refractivity contribution in [3.05, 3.63) is 88.4 Å². The number of carboxylic acids is 1. The van der Waals surface area contributed by atoms with Crippen LogP contribution in [0.25, 0.3) is 11.1 Å². The first kappa shape index (κ1) is 24.3. The van der Waals surface area contributed by atoms with Gasteiger partial charge in [-0.15, -0.1) is 0 Å². The van der Waals surface area contributed by atoms with Crippen LogP contribution in [-0.2, 0) is 9.53 Å². The number of fused-ring (bicyclic) bond motifs is 3. The van der Waals surface area contributed by atoms with Gasteiger partial charge in [0, 0.05) is 28.2 Å². The van der Waals surface area contributed by atoms with Gasteiger partial charge in [0.25, 0.3) is 5.91 Å². The van der Waals surface area contributed by atoms with Crippen LogP contribution in [0.2, 0.25) is 5.02 Å². The van der Waals surface area contributed by atoms with E-state index in [1.807, 2.05) is 36.4 Å². The molecule has 3 aromatic rings. The number of carboxylic acid groups (broad SMARTS) is 1. The Kier molecular flexibility index (Phi) is 7.07. The van der Waals surface area contributed by atoms with Gasteiger partial charge < -0.3 is 15.2 Å². The molecule has 0 spiro atoms. The van der Waals surface area contributed by atoms with Gasteiger partial charge in [0.2, 0.25) is 0 Å². The Bertz CT molecular complexity index is 1250. The zero-order valence-corrected chi connectivity index (χ0v) is 20.0. The smallest absolute Gasteiger partial charge is 0.411 e. The maximum atomic E-state index is 12.6. The molecule has 0 bridgehead atoms. The molecule has 180 valence electrons. The van der Waals surface area contributed by atoms with E-state index in [-0.39, 0.29) is 23.1 Å². The lowest BCUT2D eigenvalue weighted by molar-refractivity contribution is -0.141. The lowest BCUT2D eigenvalue weighted by Crippen LogP contribution is -2.40. The number of hydrogen-bond donors (Lipinski definition) is 3. The van der Waals surface area contributed by atoms with Gasteiger partial charge in [-0.2, -0.15) is 0 Å². The first-order chi connectivity index (χ1) is 16.7. The number of benzene rings is 3. The average Bonchev–Trinajstić information content (AvgIpc) is 3.15. The zero-order chi connectivity index (χ0) is 25.1. The molecule has 0 radical (unpaired) electrons. The molecule has 2 amide bonds. The SMILES string of the molecule is CC(NC(=O)c1cc(Cl)cc(NC(=O)OCC2c3ccccc3-c3ccccc32)c1)C(C)C(=O)O. The average molecular weight is 493 g/mol. The Balaban J connectivity index is 1.42. The number of anilines is 1.